The van der Waals surface area contributed by atoms with Crippen molar-refractivity contribution in [3.63, 3.8) is 0 Å². The molecule has 0 aliphatic heterocycles. The minimum atomic E-state index is -1.02. The van der Waals surface area contributed by atoms with Gasteiger partial charge in [0.1, 0.15) is 6.10 Å². The van der Waals surface area contributed by atoms with E-state index in [9.17, 15) is 4.79 Å². The first kappa shape index (κ1) is 8.49. The van der Waals surface area contributed by atoms with Gasteiger partial charge in [0.05, 0.1) is 10.7 Å². The van der Waals surface area contributed by atoms with Crippen LogP contribution in [0.15, 0.2) is 21.2 Å². The van der Waals surface area contributed by atoms with Crippen molar-refractivity contribution in [2.45, 2.75) is 13.0 Å². The molecule has 0 amide bonds. The number of hydrogen-bond acceptors (Lipinski definition) is 3. The van der Waals surface area contributed by atoms with E-state index in [-0.39, 0.29) is 5.76 Å². The number of rotatable bonds is 2. The quantitative estimate of drug-likeness (QED) is 0.768. The maximum absolute atomic E-state index is 11.1. The van der Waals surface area contributed by atoms with Crippen molar-refractivity contribution < 1.29 is 14.3 Å². The van der Waals surface area contributed by atoms with Gasteiger partial charge in [0.15, 0.2) is 5.76 Å². The van der Waals surface area contributed by atoms with E-state index in [0.29, 0.717) is 4.47 Å². The van der Waals surface area contributed by atoms with E-state index in [2.05, 4.69) is 15.9 Å². The van der Waals surface area contributed by atoms with Gasteiger partial charge in [-0.3, -0.25) is 4.79 Å². The first-order valence-corrected chi connectivity index (χ1v) is 3.87. The van der Waals surface area contributed by atoms with E-state index in [1.165, 1.54) is 13.2 Å². The molecule has 1 rings (SSSR count). The van der Waals surface area contributed by atoms with Crippen molar-refractivity contribution in [3.8, 4) is 0 Å². The third kappa shape index (κ3) is 1.70. The number of aliphatic hydroxyl groups excluding tert-OH is 1. The third-order valence-corrected chi connectivity index (χ3v) is 1.84. The summed E-state index contributed by atoms with van der Waals surface area (Å²) >= 11 is 3.11. The molecule has 1 atom stereocenters. The second-order valence-electron chi connectivity index (χ2n) is 2.14. The Balaban J connectivity index is 2.93. The molecule has 1 N–H and O–H groups in total. The number of Topliss-reactive ketones (excluding diaryl/α,β-unsaturated/α-hetero) is 1. The van der Waals surface area contributed by atoms with E-state index in [0.717, 1.165) is 0 Å². The van der Waals surface area contributed by atoms with Gasteiger partial charge in [0.2, 0.25) is 5.78 Å². The van der Waals surface area contributed by atoms with Gasteiger partial charge in [-0.2, -0.15) is 0 Å². The van der Waals surface area contributed by atoms with Crippen LogP contribution < -0.4 is 0 Å². The molecule has 0 radical (unpaired) electrons. The summed E-state index contributed by atoms with van der Waals surface area (Å²) < 4.78 is 5.40. The zero-order chi connectivity index (χ0) is 8.43. The predicted molar refractivity (Wildman–Crippen MR) is 42.4 cm³/mol. The SMILES string of the molecule is CC(O)C(=O)c1occc1Br. The summed E-state index contributed by atoms with van der Waals surface area (Å²) in [5.41, 5.74) is 0. The Kier molecular flexibility index (Phi) is 2.46. The third-order valence-electron chi connectivity index (χ3n) is 1.22. The average molecular weight is 219 g/mol. The van der Waals surface area contributed by atoms with Gasteiger partial charge in [0.25, 0.3) is 0 Å². The van der Waals surface area contributed by atoms with Crippen LogP contribution in [-0.4, -0.2) is 17.0 Å². The number of aliphatic hydroxyl groups is 1. The molecule has 3 nitrogen and oxygen atoms in total. The standard InChI is InChI=1S/C7H7BrO3/c1-4(9)6(10)7-5(8)2-3-11-7/h2-4,9H,1H3. The number of furan rings is 1. The average Bonchev–Trinajstić information content (AvgIpc) is 2.33. The molecule has 0 aliphatic rings. The van der Waals surface area contributed by atoms with Crippen LogP contribution in [0, 0.1) is 0 Å². The molecule has 60 valence electrons. The van der Waals surface area contributed by atoms with Crippen LogP contribution in [0.25, 0.3) is 0 Å². The first-order valence-electron chi connectivity index (χ1n) is 3.08. The van der Waals surface area contributed by atoms with Crippen LogP contribution >= 0.6 is 15.9 Å². The van der Waals surface area contributed by atoms with Gasteiger partial charge >= 0.3 is 0 Å². The fourth-order valence-electron chi connectivity index (χ4n) is 0.659. The molecule has 1 aromatic rings. The van der Waals surface area contributed by atoms with Crippen molar-refractivity contribution >= 4 is 21.7 Å². The lowest BCUT2D eigenvalue weighted by atomic mass is 10.2. The Morgan fingerprint density at radius 3 is 2.82 bits per heavy atom. The summed E-state index contributed by atoms with van der Waals surface area (Å²) in [6.45, 7) is 1.40. The molecule has 4 heteroatoms. The molecule has 0 saturated carbocycles. The summed E-state index contributed by atoms with van der Waals surface area (Å²) in [5.74, 6) is -0.248. The van der Waals surface area contributed by atoms with Gasteiger partial charge in [-0.05, 0) is 28.9 Å². The predicted octanol–water partition coefficient (Wildman–Crippen LogP) is 1.61. The lowest BCUT2D eigenvalue weighted by Crippen LogP contribution is -2.15. The lowest BCUT2D eigenvalue weighted by molar-refractivity contribution is 0.0749. The maximum Gasteiger partial charge on any atom is 0.227 e. The minimum absolute atomic E-state index is 0.167. The minimum Gasteiger partial charge on any atom is -0.460 e. The van der Waals surface area contributed by atoms with E-state index in [1.807, 2.05) is 0 Å². The Hall–Kier alpha value is -0.610. The fourth-order valence-corrected chi connectivity index (χ4v) is 1.06. The van der Waals surface area contributed by atoms with E-state index >= 15 is 0 Å². The van der Waals surface area contributed by atoms with Gasteiger partial charge < -0.3 is 9.52 Å². The molecular formula is C7H7BrO3. The van der Waals surface area contributed by atoms with E-state index < -0.39 is 11.9 Å². The zero-order valence-electron chi connectivity index (χ0n) is 5.87. The largest absolute Gasteiger partial charge is 0.460 e. The van der Waals surface area contributed by atoms with Gasteiger partial charge in [-0.15, -0.1) is 0 Å². The molecule has 0 aromatic carbocycles. The Morgan fingerprint density at radius 1 is 1.82 bits per heavy atom. The fraction of sp³-hybridized carbons (Fsp3) is 0.286. The highest BCUT2D eigenvalue weighted by Gasteiger charge is 2.17. The summed E-state index contributed by atoms with van der Waals surface area (Å²) in [6, 6.07) is 1.61. The topological polar surface area (TPSA) is 50.4 Å². The van der Waals surface area contributed by atoms with Crippen molar-refractivity contribution in [3.05, 3.63) is 22.6 Å². The highest BCUT2D eigenvalue weighted by Crippen LogP contribution is 2.18. The molecular weight excluding hydrogens is 212 g/mol. The highest BCUT2D eigenvalue weighted by atomic mass is 79.9. The van der Waals surface area contributed by atoms with Crippen molar-refractivity contribution in [2.75, 3.05) is 0 Å². The molecule has 0 fully saturated rings. The van der Waals surface area contributed by atoms with Gasteiger partial charge in [0, 0.05) is 0 Å². The van der Waals surface area contributed by atoms with E-state index in [1.54, 1.807) is 6.07 Å². The van der Waals surface area contributed by atoms with Crippen molar-refractivity contribution in [1.82, 2.24) is 0 Å². The van der Waals surface area contributed by atoms with Crippen LogP contribution in [0.1, 0.15) is 17.5 Å². The Labute approximate surface area is 72.1 Å². The number of carbonyl (C=O) groups is 1. The maximum atomic E-state index is 11.1. The monoisotopic (exact) mass is 218 g/mol. The molecule has 1 aromatic heterocycles. The number of halogens is 1. The highest BCUT2D eigenvalue weighted by molar-refractivity contribution is 9.10. The number of carbonyl (C=O) groups excluding carboxylic acids is 1. The summed E-state index contributed by atoms with van der Waals surface area (Å²) in [4.78, 5) is 11.1. The molecule has 0 bridgehead atoms. The summed E-state index contributed by atoms with van der Waals surface area (Å²) in [7, 11) is 0. The first-order chi connectivity index (χ1) is 5.13. The van der Waals surface area contributed by atoms with Gasteiger partial charge in [-0.25, -0.2) is 0 Å². The molecule has 1 heterocycles. The van der Waals surface area contributed by atoms with Crippen LogP contribution in [0.4, 0.5) is 0 Å². The van der Waals surface area contributed by atoms with Crippen LogP contribution in [0.3, 0.4) is 0 Å². The smallest absolute Gasteiger partial charge is 0.227 e. The summed E-state index contributed by atoms with van der Waals surface area (Å²) in [6.07, 6.45) is 0.372. The van der Waals surface area contributed by atoms with E-state index in [4.69, 9.17) is 9.52 Å². The van der Waals surface area contributed by atoms with Crippen LogP contribution in [0.5, 0.6) is 0 Å². The Morgan fingerprint density at radius 2 is 2.45 bits per heavy atom. The molecule has 0 spiro atoms. The molecule has 0 saturated heterocycles. The van der Waals surface area contributed by atoms with Gasteiger partial charge in [-0.1, -0.05) is 0 Å². The second-order valence-corrected chi connectivity index (χ2v) is 2.99. The van der Waals surface area contributed by atoms with Crippen molar-refractivity contribution in [1.29, 1.82) is 0 Å². The summed E-state index contributed by atoms with van der Waals surface area (Å²) in [5, 5.41) is 8.89. The van der Waals surface area contributed by atoms with Crippen LogP contribution in [-0.2, 0) is 0 Å². The second kappa shape index (κ2) is 3.19. The Bertz CT molecular complexity index is 264. The van der Waals surface area contributed by atoms with Crippen LogP contribution in [0.2, 0.25) is 0 Å². The number of ketones is 1. The van der Waals surface area contributed by atoms with Crippen molar-refractivity contribution in [2.24, 2.45) is 0 Å². The molecule has 1 unspecified atom stereocenters. The molecule has 11 heavy (non-hydrogen) atoms. The number of hydrogen-bond donors (Lipinski definition) is 1. The normalized spacial score (nSPS) is 13.0. The molecule has 0 aliphatic carbocycles. The zero-order valence-corrected chi connectivity index (χ0v) is 7.46. The lowest BCUT2D eigenvalue weighted by Gasteiger charge is -1.98.